The Balaban J connectivity index is 1.11. The minimum Gasteiger partial charge on any atom is -0.507 e. The van der Waals surface area contributed by atoms with Crippen molar-refractivity contribution in [3.63, 3.8) is 0 Å². The Bertz CT molecular complexity index is 1800. The molecule has 0 unspecified atom stereocenters. The predicted molar refractivity (Wildman–Crippen MR) is 179 cm³/mol. The molecule has 0 saturated heterocycles. The molecule has 46 heavy (non-hydrogen) atoms. The molecule has 4 heterocycles. The summed E-state index contributed by atoms with van der Waals surface area (Å²) in [5, 5.41) is 48.4. The molecular weight excluding hydrogens is 621 g/mol. The largest absolute Gasteiger partial charge is 0.507 e. The average molecular weight is 649 g/mol. The van der Waals surface area contributed by atoms with Gasteiger partial charge in [-0.1, -0.05) is 47.8 Å². The van der Waals surface area contributed by atoms with Crippen LogP contribution in [0.15, 0.2) is 118 Å². The van der Waals surface area contributed by atoms with Crippen LogP contribution in [0.4, 0.5) is 0 Å². The van der Waals surface area contributed by atoms with E-state index in [4.69, 9.17) is 0 Å². The molecule has 6 rings (SSSR count). The number of aromatic hydroxyl groups is 2. The van der Waals surface area contributed by atoms with E-state index in [1.165, 1.54) is 0 Å². The molecule has 6 aromatic rings. The summed E-state index contributed by atoms with van der Waals surface area (Å²) >= 11 is 3.11. The molecule has 14 heteroatoms. The molecule has 0 fully saturated rings. The molecular formula is C32H28N10O2S2. The van der Waals surface area contributed by atoms with E-state index in [2.05, 4.69) is 40.6 Å². The molecule has 0 spiro atoms. The minimum absolute atomic E-state index is 0.140. The summed E-state index contributed by atoms with van der Waals surface area (Å²) in [7, 11) is 0. The summed E-state index contributed by atoms with van der Waals surface area (Å²) in [6, 6.07) is 21.5. The number of phenols is 2. The van der Waals surface area contributed by atoms with Crippen LogP contribution in [0.1, 0.15) is 24.0 Å². The number of aromatic nitrogens is 8. The van der Waals surface area contributed by atoms with Gasteiger partial charge < -0.3 is 10.2 Å². The Kier molecular flexibility index (Phi) is 10.1. The van der Waals surface area contributed by atoms with Crippen LogP contribution in [0.2, 0.25) is 0 Å². The molecule has 12 nitrogen and oxygen atoms in total. The number of hydrogen-bond acceptors (Lipinski definition) is 12. The van der Waals surface area contributed by atoms with Crippen molar-refractivity contribution in [2.75, 3.05) is 11.5 Å². The van der Waals surface area contributed by atoms with E-state index in [1.54, 1.807) is 106 Å². The molecule has 4 aromatic heterocycles. The molecule has 0 saturated carbocycles. The van der Waals surface area contributed by atoms with Gasteiger partial charge in [0.1, 0.15) is 11.5 Å². The maximum atomic E-state index is 10.2. The summed E-state index contributed by atoms with van der Waals surface area (Å²) in [4.78, 5) is 8.41. The number of unbranched alkanes of at least 4 members (excludes halogenated alkanes) is 1. The van der Waals surface area contributed by atoms with E-state index in [0.717, 1.165) is 35.5 Å². The van der Waals surface area contributed by atoms with Gasteiger partial charge in [-0.25, -0.2) is 0 Å². The second-order valence-corrected chi connectivity index (χ2v) is 11.9. The number of hydrogen-bond donors (Lipinski definition) is 2. The summed E-state index contributed by atoms with van der Waals surface area (Å²) in [5.41, 5.74) is 2.75. The Morgan fingerprint density at radius 2 is 1.04 bits per heavy atom. The highest BCUT2D eigenvalue weighted by Crippen LogP contribution is 2.27. The molecule has 2 N–H and O–H groups in total. The first-order valence-electron chi connectivity index (χ1n) is 14.3. The number of phenolic OH excluding ortho intramolecular Hbond substituents is 2. The van der Waals surface area contributed by atoms with Crippen molar-refractivity contribution in [3.8, 4) is 34.3 Å². The first-order valence-corrected chi connectivity index (χ1v) is 16.3. The van der Waals surface area contributed by atoms with Gasteiger partial charge in [0.15, 0.2) is 11.6 Å². The lowest BCUT2D eigenvalue weighted by Crippen LogP contribution is -1.99. The topological polar surface area (TPSA) is 152 Å². The fraction of sp³-hybridized carbons (Fsp3) is 0.125. The van der Waals surface area contributed by atoms with Gasteiger partial charge in [-0.2, -0.15) is 19.6 Å². The highest BCUT2D eigenvalue weighted by atomic mass is 32.2. The smallest absolute Gasteiger partial charge is 0.212 e. The third kappa shape index (κ3) is 7.47. The number of pyridine rings is 2. The molecule has 0 aliphatic rings. The van der Waals surface area contributed by atoms with Crippen molar-refractivity contribution in [1.29, 1.82) is 0 Å². The first-order chi connectivity index (χ1) is 22.7. The van der Waals surface area contributed by atoms with E-state index in [9.17, 15) is 10.2 Å². The van der Waals surface area contributed by atoms with Gasteiger partial charge in [0.05, 0.1) is 12.4 Å². The Labute approximate surface area is 273 Å². The highest BCUT2D eigenvalue weighted by Gasteiger charge is 2.16. The standard InChI is InChI=1S/C32H28N10O2S2/c43-27-13-3-1-9-23(27)21-35-41-29(25-11-7-15-33-19-25)37-39-31(41)45-17-5-6-18-46-32-40-38-30(26-12-8-16-34-20-26)42(32)36-22-24-10-2-4-14-28(24)44/h1-4,7-16,19-22,43-44H,5-6,17-18H2/b35-21-,36-22-. The van der Waals surface area contributed by atoms with Crippen molar-refractivity contribution < 1.29 is 10.2 Å². The van der Waals surface area contributed by atoms with Gasteiger partial charge in [0.2, 0.25) is 10.3 Å². The van der Waals surface area contributed by atoms with E-state index >= 15 is 0 Å². The van der Waals surface area contributed by atoms with E-state index < -0.39 is 0 Å². The molecule has 0 aliphatic heterocycles. The van der Waals surface area contributed by atoms with Gasteiger partial charge in [-0.3, -0.25) is 9.97 Å². The van der Waals surface area contributed by atoms with E-state index in [0.29, 0.717) is 33.1 Å². The molecule has 0 radical (unpaired) electrons. The Hall–Kier alpha value is -5.34. The summed E-state index contributed by atoms with van der Waals surface area (Å²) in [6.45, 7) is 0. The van der Waals surface area contributed by atoms with Crippen LogP contribution in [0.5, 0.6) is 11.5 Å². The normalized spacial score (nSPS) is 11.6. The molecule has 0 atom stereocenters. The van der Waals surface area contributed by atoms with Gasteiger partial charge in [0.25, 0.3) is 0 Å². The van der Waals surface area contributed by atoms with Crippen molar-refractivity contribution in [3.05, 3.63) is 109 Å². The lowest BCUT2D eigenvalue weighted by atomic mass is 10.2. The fourth-order valence-electron chi connectivity index (χ4n) is 4.23. The monoisotopic (exact) mass is 648 g/mol. The fourth-order valence-corrected chi connectivity index (χ4v) is 6.00. The zero-order valence-electron chi connectivity index (χ0n) is 24.4. The van der Waals surface area contributed by atoms with Crippen molar-refractivity contribution >= 4 is 36.0 Å². The van der Waals surface area contributed by atoms with Crippen molar-refractivity contribution in [2.24, 2.45) is 10.2 Å². The number of rotatable bonds is 13. The van der Waals surface area contributed by atoms with Crippen LogP contribution in [-0.4, -0.2) is 73.9 Å². The zero-order chi connectivity index (χ0) is 31.6. The quantitative estimate of drug-likeness (QED) is 0.0888. The lowest BCUT2D eigenvalue weighted by molar-refractivity contribution is 0.474. The second kappa shape index (κ2) is 15.1. The van der Waals surface area contributed by atoms with Crippen LogP contribution >= 0.6 is 23.5 Å². The van der Waals surface area contributed by atoms with E-state index in [1.807, 2.05) is 36.4 Å². The minimum atomic E-state index is 0.140. The lowest BCUT2D eigenvalue weighted by Gasteiger charge is -2.06. The molecule has 0 bridgehead atoms. The first kappa shape index (κ1) is 30.7. The molecule has 2 aromatic carbocycles. The molecule has 0 amide bonds. The SMILES string of the molecule is Oc1ccccc1/C=N\n1c(SCCCCSc2nnc(-c3cccnc3)n2/N=C\c2ccccc2O)nnc1-c1cccnc1. The molecule has 230 valence electrons. The number of nitrogens with zero attached hydrogens (tertiary/aromatic N) is 10. The van der Waals surface area contributed by atoms with Crippen molar-refractivity contribution in [2.45, 2.75) is 23.2 Å². The molecule has 0 aliphatic carbocycles. The summed E-state index contributed by atoms with van der Waals surface area (Å²) < 4.78 is 3.35. The average Bonchev–Trinajstić information content (AvgIpc) is 3.70. The number of para-hydroxylation sites is 2. The van der Waals surface area contributed by atoms with Gasteiger partial charge >= 0.3 is 0 Å². The Morgan fingerprint density at radius 3 is 1.46 bits per heavy atom. The van der Waals surface area contributed by atoms with Crippen LogP contribution in [0, 0.1) is 0 Å². The van der Waals surface area contributed by atoms with Crippen LogP contribution < -0.4 is 0 Å². The van der Waals surface area contributed by atoms with Crippen molar-refractivity contribution in [1.82, 2.24) is 39.7 Å². The number of benzene rings is 2. The maximum Gasteiger partial charge on any atom is 0.212 e. The van der Waals surface area contributed by atoms with Gasteiger partial charge in [-0.15, -0.1) is 20.4 Å². The Morgan fingerprint density at radius 1 is 0.587 bits per heavy atom. The van der Waals surface area contributed by atoms with Gasteiger partial charge in [-0.05, 0) is 61.4 Å². The second-order valence-electron chi connectivity index (χ2n) is 9.73. The van der Waals surface area contributed by atoms with Crippen LogP contribution in [-0.2, 0) is 0 Å². The summed E-state index contributed by atoms with van der Waals surface area (Å²) in [6.07, 6.45) is 11.8. The van der Waals surface area contributed by atoms with Crippen LogP contribution in [0.25, 0.3) is 22.8 Å². The third-order valence-electron chi connectivity index (χ3n) is 6.56. The van der Waals surface area contributed by atoms with E-state index in [-0.39, 0.29) is 11.5 Å². The maximum absolute atomic E-state index is 10.2. The zero-order valence-corrected chi connectivity index (χ0v) is 26.0. The van der Waals surface area contributed by atoms with Crippen LogP contribution in [0.3, 0.4) is 0 Å². The summed E-state index contributed by atoms with van der Waals surface area (Å²) in [5.74, 6) is 2.98. The predicted octanol–water partition coefficient (Wildman–Crippen LogP) is 5.83. The number of thioether (sulfide) groups is 2. The van der Waals surface area contributed by atoms with Gasteiger partial charge in [0, 0.05) is 58.5 Å². The third-order valence-corrected chi connectivity index (χ3v) is 8.57. The highest BCUT2D eigenvalue weighted by molar-refractivity contribution is 7.99.